The van der Waals surface area contributed by atoms with Crippen LogP contribution in [0.2, 0.25) is 10.0 Å². The van der Waals surface area contributed by atoms with Gasteiger partial charge in [0.05, 0.1) is 11.6 Å². The number of rotatable bonds is 4. The Balaban J connectivity index is 2.22. The summed E-state index contributed by atoms with van der Waals surface area (Å²) in [6.07, 6.45) is 0. The predicted molar refractivity (Wildman–Crippen MR) is 72.5 cm³/mol. The zero-order chi connectivity index (χ0) is 14.0. The van der Waals surface area contributed by atoms with Gasteiger partial charge in [0.1, 0.15) is 18.2 Å². The topological polar surface area (TPSA) is 60.2 Å². The quantitative estimate of drug-likeness (QED) is 0.942. The van der Waals surface area contributed by atoms with Crippen LogP contribution in [0.25, 0.3) is 0 Å². The van der Waals surface area contributed by atoms with Crippen molar-refractivity contribution >= 4 is 23.2 Å². The minimum absolute atomic E-state index is 0.201. The largest absolute Gasteiger partial charge is 0.484 e. The van der Waals surface area contributed by atoms with Gasteiger partial charge in [-0.2, -0.15) is 0 Å². The van der Waals surface area contributed by atoms with E-state index in [0.29, 0.717) is 27.2 Å². The van der Waals surface area contributed by atoms with Crippen LogP contribution in [0.3, 0.4) is 0 Å². The maximum Gasteiger partial charge on any atom is 0.170 e. The average molecular weight is 302 g/mol. The highest BCUT2D eigenvalue weighted by molar-refractivity contribution is 6.35. The Labute approximate surface area is 120 Å². The molecular weight excluding hydrogens is 289 g/mol. The molecule has 1 N–H and O–H groups in total. The van der Waals surface area contributed by atoms with Crippen LogP contribution in [-0.4, -0.2) is 19.9 Å². The number of aliphatic hydroxyl groups is 1. The molecule has 0 aliphatic rings. The van der Waals surface area contributed by atoms with E-state index in [2.05, 4.69) is 10.2 Å². The molecule has 0 saturated carbocycles. The Morgan fingerprint density at radius 3 is 2.63 bits per heavy atom. The summed E-state index contributed by atoms with van der Waals surface area (Å²) in [5, 5.41) is 18.0. The minimum atomic E-state index is -0.201. The molecule has 7 heteroatoms. The smallest absolute Gasteiger partial charge is 0.170 e. The van der Waals surface area contributed by atoms with Crippen molar-refractivity contribution in [1.29, 1.82) is 0 Å². The molecule has 2 rings (SSSR count). The Bertz CT molecular complexity index is 599. The predicted octanol–water partition coefficient (Wildman–Crippen LogP) is 2.50. The molecule has 1 aromatic carbocycles. The molecule has 5 nitrogen and oxygen atoms in total. The van der Waals surface area contributed by atoms with Crippen LogP contribution in [0.4, 0.5) is 0 Å². The third-order valence-corrected chi connectivity index (χ3v) is 3.28. The van der Waals surface area contributed by atoms with Crippen molar-refractivity contribution in [3.05, 3.63) is 39.4 Å². The number of hydrogen-bond donors (Lipinski definition) is 1. The molecule has 102 valence electrons. The van der Waals surface area contributed by atoms with Crippen LogP contribution in [0.15, 0.2) is 12.1 Å². The van der Waals surface area contributed by atoms with Gasteiger partial charge < -0.3 is 14.4 Å². The first-order valence-electron chi connectivity index (χ1n) is 5.59. The minimum Gasteiger partial charge on any atom is -0.484 e. The zero-order valence-corrected chi connectivity index (χ0v) is 12.0. The molecule has 0 saturated heterocycles. The first-order valence-corrected chi connectivity index (χ1v) is 6.35. The monoisotopic (exact) mass is 301 g/mol. The molecule has 0 aliphatic carbocycles. The van der Waals surface area contributed by atoms with E-state index in [4.69, 9.17) is 27.9 Å². The highest BCUT2D eigenvalue weighted by Gasteiger charge is 2.12. The summed E-state index contributed by atoms with van der Waals surface area (Å²) >= 11 is 11.9. The van der Waals surface area contributed by atoms with Crippen LogP contribution in [0.5, 0.6) is 5.75 Å². The summed E-state index contributed by atoms with van der Waals surface area (Å²) in [5.41, 5.74) is 0.538. The second kappa shape index (κ2) is 5.77. The van der Waals surface area contributed by atoms with Gasteiger partial charge in [0.15, 0.2) is 5.82 Å². The van der Waals surface area contributed by atoms with Gasteiger partial charge in [0.2, 0.25) is 0 Å². The van der Waals surface area contributed by atoms with E-state index in [1.54, 1.807) is 12.1 Å². The fraction of sp³-hybridized carbons (Fsp3) is 0.333. The van der Waals surface area contributed by atoms with E-state index in [0.717, 1.165) is 5.82 Å². The summed E-state index contributed by atoms with van der Waals surface area (Å²) in [5.74, 6) is 1.88. The van der Waals surface area contributed by atoms with Crippen molar-refractivity contribution in [3.8, 4) is 5.75 Å². The van der Waals surface area contributed by atoms with Gasteiger partial charge in [-0.25, -0.2) is 0 Å². The molecule has 1 heterocycles. The number of nitrogens with zero attached hydrogens (tertiary/aromatic N) is 3. The molecule has 0 atom stereocenters. The average Bonchev–Trinajstić information content (AvgIpc) is 2.68. The third kappa shape index (κ3) is 3.00. The van der Waals surface area contributed by atoms with Gasteiger partial charge in [-0.1, -0.05) is 23.2 Å². The van der Waals surface area contributed by atoms with Crippen molar-refractivity contribution in [2.45, 2.75) is 20.1 Å². The number of benzene rings is 1. The third-order valence-electron chi connectivity index (χ3n) is 2.78. The van der Waals surface area contributed by atoms with Gasteiger partial charge in [-0.05, 0) is 19.1 Å². The summed E-state index contributed by atoms with van der Waals surface area (Å²) in [6, 6.07) is 3.18. The lowest BCUT2D eigenvalue weighted by molar-refractivity contribution is 0.254. The first-order chi connectivity index (χ1) is 9.02. The molecule has 1 aromatic heterocycles. The van der Waals surface area contributed by atoms with Crippen LogP contribution in [0.1, 0.15) is 17.2 Å². The number of aryl methyl sites for hydroxylation is 1. The SMILES string of the molecule is Cc1nnc(COc2c(Cl)cc(Cl)cc2CO)n1C. The molecule has 0 fully saturated rings. The Kier molecular flexibility index (Phi) is 4.29. The lowest BCUT2D eigenvalue weighted by Gasteiger charge is -2.12. The Morgan fingerprint density at radius 2 is 2.05 bits per heavy atom. The number of ether oxygens (including phenoxy) is 1. The molecule has 0 spiro atoms. The summed E-state index contributed by atoms with van der Waals surface area (Å²) in [7, 11) is 1.85. The molecule has 0 bridgehead atoms. The van der Waals surface area contributed by atoms with Crippen molar-refractivity contribution < 1.29 is 9.84 Å². The zero-order valence-electron chi connectivity index (χ0n) is 10.5. The van der Waals surface area contributed by atoms with E-state index in [-0.39, 0.29) is 13.2 Å². The van der Waals surface area contributed by atoms with E-state index in [9.17, 15) is 5.11 Å². The molecule has 2 aromatic rings. The van der Waals surface area contributed by atoms with Gasteiger partial charge in [-0.3, -0.25) is 0 Å². The van der Waals surface area contributed by atoms with Gasteiger partial charge in [0.25, 0.3) is 0 Å². The molecule has 0 unspecified atom stereocenters. The fourth-order valence-electron chi connectivity index (χ4n) is 1.61. The van der Waals surface area contributed by atoms with Crippen LogP contribution < -0.4 is 4.74 Å². The number of halogens is 2. The van der Waals surface area contributed by atoms with Crippen molar-refractivity contribution in [3.63, 3.8) is 0 Å². The first kappa shape index (κ1) is 14.1. The van der Waals surface area contributed by atoms with Gasteiger partial charge >= 0.3 is 0 Å². The second-order valence-corrected chi connectivity index (χ2v) is 4.89. The Hall–Kier alpha value is -1.30. The highest BCUT2D eigenvalue weighted by atomic mass is 35.5. The lowest BCUT2D eigenvalue weighted by Crippen LogP contribution is -2.06. The van der Waals surface area contributed by atoms with Crippen LogP contribution in [0, 0.1) is 6.92 Å². The second-order valence-electron chi connectivity index (χ2n) is 4.05. The standard InChI is InChI=1S/C12H13Cl2N3O2/c1-7-15-16-11(17(7)2)6-19-12-8(5-18)3-9(13)4-10(12)14/h3-4,18H,5-6H2,1-2H3. The highest BCUT2D eigenvalue weighted by Crippen LogP contribution is 2.32. The molecule has 0 amide bonds. The van der Waals surface area contributed by atoms with Crippen LogP contribution >= 0.6 is 23.2 Å². The normalized spacial score (nSPS) is 10.8. The molecule has 0 radical (unpaired) electrons. The maximum atomic E-state index is 9.29. The lowest BCUT2D eigenvalue weighted by atomic mass is 10.2. The molecule has 19 heavy (non-hydrogen) atoms. The van der Waals surface area contributed by atoms with Crippen LogP contribution in [-0.2, 0) is 20.3 Å². The fourth-order valence-corrected chi connectivity index (χ4v) is 2.20. The molecular formula is C12H13Cl2N3O2. The van der Waals surface area contributed by atoms with Crippen molar-refractivity contribution in [2.75, 3.05) is 0 Å². The van der Waals surface area contributed by atoms with Gasteiger partial charge in [-0.15, -0.1) is 10.2 Å². The number of aliphatic hydroxyl groups excluding tert-OH is 1. The number of aromatic nitrogens is 3. The van der Waals surface area contributed by atoms with E-state index >= 15 is 0 Å². The van der Waals surface area contributed by atoms with Crippen molar-refractivity contribution in [1.82, 2.24) is 14.8 Å². The summed E-state index contributed by atoms with van der Waals surface area (Å²) in [6.45, 7) is 1.87. The van der Waals surface area contributed by atoms with E-state index in [1.165, 1.54) is 0 Å². The number of hydrogen-bond acceptors (Lipinski definition) is 4. The van der Waals surface area contributed by atoms with E-state index in [1.807, 2.05) is 18.5 Å². The summed E-state index contributed by atoms with van der Waals surface area (Å²) in [4.78, 5) is 0. The van der Waals surface area contributed by atoms with Gasteiger partial charge in [0, 0.05) is 17.6 Å². The van der Waals surface area contributed by atoms with Crippen molar-refractivity contribution in [2.24, 2.45) is 7.05 Å². The Morgan fingerprint density at radius 1 is 1.32 bits per heavy atom. The maximum absolute atomic E-state index is 9.29. The van der Waals surface area contributed by atoms with E-state index < -0.39 is 0 Å². The molecule has 0 aliphatic heterocycles. The summed E-state index contributed by atoms with van der Waals surface area (Å²) < 4.78 is 7.44.